The molecule has 6 heteroatoms. The predicted molar refractivity (Wildman–Crippen MR) is 82.3 cm³/mol. The predicted octanol–water partition coefficient (Wildman–Crippen LogP) is 4.17. The van der Waals surface area contributed by atoms with Crippen LogP contribution in [0.15, 0.2) is 45.6 Å². The van der Waals surface area contributed by atoms with E-state index in [0.717, 1.165) is 0 Å². The Bertz CT molecular complexity index is 890. The Labute approximate surface area is 129 Å². The first kappa shape index (κ1) is 13.9. The lowest BCUT2D eigenvalue weighted by molar-refractivity contribution is 0.414. The molecule has 0 aliphatic carbocycles. The fourth-order valence-electron chi connectivity index (χ4n) is 1.98. The first-order valence-corrected chi connectivity index (χ1v) is 6.78. The van der Waals surface area contributed by atoms with Gasteiger partial charge >= 0.3 is 5.63 Å². The maximum atomic E-state index is 12.1. The fraction of sp³-hybridized carbons (Fsp3) is 0.0667. The van der Waals surface area contributed by atoms with Crippen LogP contribution in [0.3, 0.4) is 0 Å². The largest absolute Gasteiger partial charge is 0.497 e. The molecule has 0 atom stereocenters. The van der Waals surface area contributed by atoms with Crippen molar-refractivity contribution in [3.63, 3.8) is 0 Å². The van der Waals surface area contributed by atoms with E-state index in [1.165, 1.54) is 12.1 Å². The summed E-state index contributed by atoms with van der Waals surface area (Å²) in [7, 11) is 1.56. The van der Waals surface area contributed by atoms with Crippen LogP contribution < -0.4 is 10.4 Å². The van der Waals surface area contributed by atoms with Gasteiger partial charge in [0.25, 0.3) is 0 Å². The smallest absolute Gasteiger partial charge is 0.347 e. The first-order valence-electron chi connectivity index (χ1n) is 6.03. The molecule has 4 nitrogen and oxygen atoms in total. The molecule has 0 aliphatic rings. The van der Waals surface area contributed by atoms with Gasteiger partial charge in [0.05, 0.1) is 17.5 Å². The van der Waals surface area contributed by atoms with Gasteiger partial charge in [0.1, 0.15) is 11.3 Å². The van der Waals surface area contributed by atoms with Crippen LogP contribution in [0.5, 0.6) is 5.75 Å². The van der Waals surface area contributed by atoms with E-state index in [1.807, 2.05) is 0 Å². The monoisotopic (exact) mass is 321 g/mol. The van der Waals surface area contributed by atoms with Gasteiger partial charge in [0.15, 0.2) is 0 Å². The lowest BCUT2D eigenvalue weighted by Crippen LogP contribution is -2.03. The molecular weight excluding hydrogens is 313 g/mol. The van der Waals surface area contributed by atoms with Crippen LogP contribution in [0.25, 0.3) is 22.4 Å². The second-order valence-corrected chi connectivity index (χ2v) is 5.17. The first-order chi connectivity index (χ1) is 10.1. The molecule has 0 aliphatic heterocycles. The van der Waals surface area contributed by atoms with Crippen LogP contribution in [0, 0.1) is 0 Å². The lowest BCUT2D eigenvalue weighted by Gasteiger charge is -2.05. The number of benzene rings is 2. The van der Waals surface area contributed by atoms with Crippen molar-refractivity contribution in [3.05, 3.63) is 56.9 Å². The van der Waals surface area contributed by atoms with E-state index in [2.05, 4.69) is 4.98 Å². The normalized spacial score (nSPS) is 10.8. The highest BCUT2D eigenvalue weighted by molar-refractivity contribution is 6.38. The molecule has 0 saturated carbocycles. The zero-order valence-electron chi connectivity index (χ0n) is 10.9. The summed E-state index contributed by atoms with van der Waals surface area (Å²) in [6.45, 7) is 0. The van der Waals surface area contributed by atoms with Gasteiger partial charge in [-0.2, -0.15) is 0 Å². The molecule has 3 rings (SSSR count). The summed E-state index contributed by atoms with van der Waals surface area (Å²) in [5, 5.41) is 0.907. The number of rotatable bonds is 2. The quantitative estimate of drug-likeness (QED) is 0.710. The zero-order valence-corrected chi connectivity index (χ0v) is 12.4. The van der Waals surface area contributed by atoms with Crippen LogP contribution in [-0.4, -0.2) is 12.1 Å². The number of methoxy groups -OCH3 is 1. The molecule has 106 valence electrons. The minimum Gasteiger partial charge on any atom is -0.497 e. The van der Waals surface area contributed by atoms with E-state index in [0.29, 0.717) is 26.9 Å². The molecule has 0 saturated heterocycles. The van der Waals surface area contributed by atoms with Crippen LogP contribution in [0.4, 0.5) is 0 Å². The highest BCUT2D eigenvalue weighted by atomic mass is 35.5. The third-order valence-corrected chi connectivity index (χ3v) is 3.47. The average Bonchev–Trinajstić information content (AvgIpc) is 2.48. The summed E-state index contributed by atoms with van der Waals surface area (Å²) < 4.78 is 10.4. The molecule has 0 spiro atoms. The zero-order chi connectivity index (χ0) is 15.0. The molecule has 0 radical (unpaired) electrons. The SMILES string of the molecule is COc1cccc(-c2nc3c(Cl)cc(Cl)cc3c(=O)o2)c1. The second-order valence-electron chi connectivity index (χ2n) is 4.32. The summed E-state index contributed by atoms with van der Waals surface area (Å²) in [4.78, 5) is 16.4. The average molecular weight is 322 g/mol. The van der Waals surface area contributed by atoms with Crippen molar-refractivity contribution >= 4 is 34.1 Å². The Morgan fingerprint density at radius 2 is 2.00 bits per heavy atom. The molecular formula is C15H9Cl2NO3. The second kappa shape index (κ2) is 5.39. The molecule has 3 aromatic rings. The Balaban J connectivity index is 2.27. The van der Waals surface area contributed by atoms with Crippen LogP contribution in [-0.2, 0) is 0 Å². The highest BCUT2D eigenvalue weighted by Gasteiger charge is 2.12. The summed E-state index contributed by atoms with van der Waals surface area (Å²) in [6, 6.07) is 10.1. The molecule has 1 heterocycles. The molecule has 0 fully saturated rings. The molecule has 2 aromatic carbocycles. The summed E-state index contributed by atoms with van der Waals surface area (Å²) in [5.41, 5.74) is 0.441. The van der Waals surface area contributed by atoms with Gasteiger partial charge < -0.3 is 9.15 Å². The molecule has 0 N–H and O–H groups in total. The number of hydrogen-bond donors (Lipinski definition) is 0. The number of hydrogen-bond acceptors (Lipinski definition) is 4. The molecule has 0 amide bonds. The number of aromatic nitrogens is 1. The third kappa shape index (κ3) is 2.60. The van der Waals surface area contributed by atoms with Crippen molar-refractivity contribution in [2.24, 2.45) is 0 Å². The van der Waals surface area contributed by atoms with Crippen molar-refractivity contribution in [2.45, 2.75) is 0 Å². The number of fused-ring (bicyclic) bond motifs is 1. The van der Waals surface area contributed by atoms with Crippen LogP contribution in [0.1, 0.15) is 0 Å². The topological polar surface area (TPSA) is 52.3 Å². The van der Waals surface area contributed by atoms with E-state index >= 15 is 0 Å². The van der Waals surface area contributed by atoms with E-state index in [1.54, 1.807) is 31.4 Å². The standard InChI is InChI=1S/C15H9Cl2NO3/c1-20-10-4-2-3-8(5-10)14-18-13-11(15(19)21-14)6-9(16)7-12(13)17/h2-7H,1H3. The van der Waals surface area contributed by atoms with Crippen LogP contribution in [0.2, 0.25) is 10.0 Å². The van der Waals surface area contributed by atoms with Gasteiger partial charge in [-0.15, -0.1) is 0 Å². The van der Waals surface area contributed by atoms with Crippen molar-refractivity contribution in [1.82, 2.24) is 4.98 Å². The van der Waals surface area contributed by atoms with Crippen LogP contribution >= 0.6 is 23.2 Å². The van der Waals surface area contributed by atoms with Gasteiger partial charge in [0.2, 0.25) is 5.89 Å². The van der Waals surface area contributed by atoms with Crippen molar-refractivity contribution in [2.75, 3.05) is 7.11 Å². The summed E-state index contributed by atoms with van der Waals surface area (Å²) in [5.74, 6) is 0.815. The maximum Gasteiger partial charge on any atom is 0.347 e. The number of nitrogens with zero attached hydrogens (tertiary/aromatic N) is 1. The summed E-state index contributed by atoms with van der Waals surface area (Å²) in [6.07, 6.45) is 0. The molecule has 0 bridgehead atoms. The molecule has 0 unspecified atom stereocenters. The van der Waals surface area contributed by atoms with E-state index < -0.39 is 5.63 Å². The lowest BCUT2D eigenvalue weighted by atomic mass is 10.2. The van der Waals surface area contributed by atoms with E-state index in [4.69, 9.17) is 32.4 Å². The van der Waals surface area contributed by atoms with E-state index in [9.17, 15) is 4.79 Å². The van der Waals surface area contributed by atoms with Crippen molar-refractivity contribution in [1.29, 1.82) is 0 Å². The minimum absolute atomic E-state index is 0.177. The Morgan fingerprint density at radius 1 is 1.19 bits per heavy atom. The molecule has 21 heavy (non-hydrogen) atoms. The number of halogens is 2. The van der Waals surface area contributed by atoms with Gasteiger partial charge in [0, 0.05) is 10.6 Å². The highest BCUT2D eigenvalue weighted by Crippen LogP contribution is 2.28. The Hall–Kier alpha value is -2.04. The minimum atomic E-state index is -0.540. The Morgan fingerprint density at radius 3 is 2.76 bits per heavy atom. The van der Waals surface area contributed by atoms with Gasteiger partial charge in [-0.1, -0.05) is 29.3 Å². The molecule has 1 aromatic heterocycles. The van der Waals surface area contributed by atoms with Gasteiger partial charge in [-0.25, -0.2) is 9.78 Å². The number of ether oxygens (including phenoxy) is 1. The summed E-state index contributed by atoms with van der Waals surface area (Å²) >= 11 is 12.0. The van der Waals surface area contributed by atoms with Gasteiger partial charge in [-0.3, -0.25) is 0 Å². The maximum absolute atomic E-state index is 12.1. The third-order valence-electron chi connectivity index (χ3n) is 2.97. The Kier molecular flexibility index (Phi) is 3.57. The van der Waals surface area contributed by atoms with Crippen molar-refractivity contribution < 1.29 is 9.15 Å². The van der Waals surface area contributed by atoms with Gasteiger partial charge in [-0.05, 0) is 30.3 Å². The fourth-order valence-corrected chi connectivity index (χ4v) is 2.52. The van der Waals surface area contributed by atoms with Crippen molar-refractivity contribution in [3.8, 4) is 17.2 Å². The van der Waals surface area contributed by atoms with E-state index in [-0.39, 0.29) is 11.3 Å².